The van der Waals surface area contributed by atoms with Gasteiger partial charge in [0.1, 0.15) is 0 Å². The number of halogens is 3. The van der Waals surface area contributed by atoms with Crippen LogP contribution < -0.4 is 10.6 Å². The first kappa shape index (κ1) is 15.6. The second-order valence-electron chi connectivity index (χ2n) is 5.21. The van der Waals surface area contributed by atoms with Crippen molar-refractivity contribution in [2.45, 2.75) is 13.1 Å². The van der Waals surface area contributed by atoms with Crippen molar-refractivity contribution >= 4 is 17.2 Å². The molecule has 116 valence electrons. The molecule has 2 rings (SSSR count). The number of alkyl halides is 3. The highest BCUT2D eigenvalue weighted by molar-refractivity contribution is 6.00. The number of piperazine rings is 1. The van der Waals surface area contributed by atoms with Gasteiger partial charge in [-0.3, -0.25) is 9.69 Å². The Bertz CT molecular complexity index is 523. The number of nitrogen functional groups attached to an aromatic ring is 1. The number of rotatable bonds is 3. The van der Waals surface area contributed by atoms with Crippen LogP contribution in [0.3, 0.4) is 0 Å². The van der Waals surface area contributed by atoms with Crippen LogP contribution in [0.5, 0.6) is 0 Å². The zero-order chi connectivity index (χ0) is 15.6. The quantitative estimate of drug-likeness (QED) is 0.686. The molecule has 21 heavy (non-hydrogen) atoms. The van der Waals surface area contributed by atoms with E-state index in [-0.39, 0.29) is 5.78 Å². The molecule has 2 N–H and O–H groups in total. The molecule has 1 aromatic rings. The highest BCUT2D eigenvalue weighted by atomic mass is 19.4. The minimum atomic E-state index is -4.16. The Labute approximate surface area is 121 Å². The van der Waals surface area contributed by atoms with Gasteiger partial charge in [-0.15, -0.1) is 0 Å². The van der Waals surface area contributed by atoms with E-state index in [4.69, 9.17) is 5.73 Å². The van der Waals surface area contributed by atoms with E-state index in [1.54, 1.807) is 18.2 Å². The molecule has 7 heteroatoms. The zero-order valence-corrected chi connectivity index (χ0v) is 11.8. The van der Waals surface area contributed by atoms with Gasteiger partial charge in [-0.05, 0) is 25.1 Å². The van der Waals surface area contributed by atoms with Gasteiger partial charge in [0, 0.05) is 43.1 Å². The lowest BCUT2D eigenvalue weighted by molar-refractivity contribution is -0.146. The number of nitrogens with two attached hydrogens (primary N) is 1. The Morgan fingerprint density at radius 3 is 2.38 bits per heavy atom. The molecule has 1 aromatic carbocycles. The van der Waals surface area contributed by atoms with Crippen LogP contribution in [-0.4, -0.2) is 49.6 Å². The largest absolute Gasteiger partial charge is 0.401 e. The minimum absolute atomic E-state index is 0.120. The molecule has 0 amide bonds. The van der Waals surface area contributed by atoms with Gasteiger partial charge < -0.3 is 10.6 Å². The summed E-state index contributed by atoms with van der Waals surface area (Å²) in [4.78, 5) is 14.8. The number of anilines is 2. The summed E-state index contributed by atoms with van der Waals surface area (Å²) in [5.74, 6) is -0.120. The topological polar surface area (TPSA) is 49.6 Å². The smallest absolute Gasteiger partial charge is 0.398 e. The molecule has 1 saturated heterocycles. The number of Topliss-reactive ketones (excluding diaryl/α,β-unsaturated/α-hetero) is 1. The first-order chi connectivity index (χ1) is 9.76. The molecule has 1 aliphatic rings. The van der Waals surface area contributed by atoms with E-state index in [0.717, 1.165) is 5.69 Å². The fourth-order valence-corrected chi connectivity index (χ4v) is 2.46. The van der Waals surface area contributed by atoms with Gasteiger partial charge in [0.05, 0.1) is 6.54 Å². The summed E-state index contributed by atoms with van der Waals surface area (Å²) in [5, 5.41) is 0. The van der Waals surface area contributed by atoms with Gasteiger partial charge in [-0.1, -0.05) is 0 Å². The van der Waals surface area contributed by atoms with Crippen LogP contribution in [0.1, 0.15) is 17.3 Å². The summed E-state index contributed by atoms with van der Waals surface area (Å²) >= 11 is 0. The molecule has 0 aliphatic carbocycles. The molecule has 0 atom stereocenters. The lowest BCUT2D eigenvalue weighted by Gasteiger charge is -2.36. The average molecular weight is 301 g/mol. The fourth-order valence-electron chi connectivity index (χ4n) is 2.46. The lowest BCUT2D eigenvalue weighted by Crippen LogP contribution is -2.49. The van der Waals surface area contributed by atoms with Crippen molar-refractivity contribution < 1.29 is 18.0 Å². The van der Waals surface area contributed by atoms with Crippen LogP contribution in [0.25, 0.3) is 0 Å². The maximum absolute atomic E-state index is 12.3. The lowest BCUT2D eigenvalue weighted by atomic mass is 10.1. The highest BCUT2D eigenvalue weighted by Crippen LogP contribution is 2.24. The Balaban J connectivity index is 2.02. The van der Waals surface area contributed by atoms with Crippen molar-refractivity contribution in [2.24, 2.45) is 0 Å². The van der Waals surface area contributed by atoms with Gasteiger partial charge in [0.25, 0.3) is 0 Å². The van der Waals surface area contributed by atoms with E-state index in [2.05, 4.69) is 0 Å². The van der Waals surface area contributed by atoms with Crippen molar-refractivity contribution in [3.05, 3.63) is 23.8 Å². The van der Waals surface area contributed by atoms with Crippen LogP contribution in [0.15, 0.2) is 18.2 Å². The fraction of sp³-hybridized carbons (Fsp3) is 0.500. The number of hydrogen-bond acceptors (Lipinski definition) is 4. The van der Waals surface area contributed by atoms with Crippen molar-refractivity contribution in [1.82, 2.24) is 4.90 Å². The molecule has 1 aliphatic heterocycles. The first-order valence-electron chi connectivity index (χ1n) is 6.71. The van der Waals surface area contributed by atoms with Gasteiger partial charge in [0.2, 0.25) is 0 Å². The van der Waals surface area contributed by atoms with Gasteiger partial charge >= 0.3 is 6.18 Å². The molecular formula is C14H18F3N3O. The molecule has 1 heterocycles. The Morgan fingerprint density at radius 2 is 1.86 bits per heavy atom. The standard InChI is InChI=1S/C14H18F3N3O/c1-10(21)12-8-11(2-3-13(12)18)20-6-4-19(5-7-20)9-14(15,16)17/h2-3,8H,4-7,9,18H2,1H3. The number of carbonyl (C=O) groups is 1. The summed E-state index contributed by atoms with van der Waals surface area (Å²) in [6, 6.07) is 5.16. The Morgan fingerprint density at radius 1 is 1.24 bits per heavy atom. The number of nitrogens with zero attached hydrogens (tertiary/aromatic N) is 2. The summed E-state index contributed by atoms with van der Waals surface area (Å²) in [7, 11) is 0. The molecular weight excluding hydrogens is 283 g/mol. The van der Waals surface area contributed by atoms with Crippen molar-refractivity contribution in [2.75, 3.05) is 43.4 Å². The van der Waals surface area contributed by atoms with Crippen LogP contribution in [0.2, 0.25) is 0 Å². The van der Waals surface area contributed by atoms with E-state index in [1.807, 2.05) is 4.90 Å². The van der Waals surface area contributed by atoms with Crippen molar-refractivity contribution in [1.29, 1.82) is 0 Å². The van der Waals surface area contributed by atoms with Gasteiger partial charge in [0.15, 0.2) is 5.78 Å². The maximum atomic E-state index is 12.3. The monoisotopic (exact) mass is 301 g/mol. The predicted octanol–water partition coefficient (Wildman–Crippen LogP) is 2.16. The summed E-state index contributed by atoms with van der Waals surface area (Å²) in [6.07, 6.45) is -4.16. The maximum Gasteiger partial charge on any atom is 0.401 e. The number of hydrogen-bond donors (Lipinski definition) is 1. The van der Waals surface area contributed by atoms with E-state index < -0.39 is 12.7 Å². The van der Waals surface area contributed by atoms with Crippen LogP contribution in [-0.2, 0) is 0 Å². The number of carbonyl (C=O) groups excluding carboxylic acids is 1. The van der Waals surface area contributed by atoms with Gasteiger partial charge in [-0.2, -0.15) is 13.2 Å². The highest BCUT2D eigenvalue weighted by Gasteiger charge is 2.32. The van der Waals surface area contributed by atoms with Crippen LogP contribution >= 0.6 is 0 Å². The molecule has 0 saturated carbocycles. The SMILES string of the molecule is CC(=O)c1cc(N2CCN(CC(F)(F)F)CC2)ccc1N. The molecule has 1 fully saturated rings. The third kappa shape index (κ3) is 4.10. The van der Waals surface area contributed by atoms with Crippen molar-refractivity contribution in [3.63, 3.8) is 0 Å². The predicted molar refractivity (Wildman–Crippen MR) is 75.6 cm³/mol. The average Bonchev–Trinajstić information content (AvgIpc) is 2.38. The van der Waals surface area contributed by atoms with E-state index in [0.29, 0.717) is 37.4 Å². The molecule has 0 aromatic heterocycles. The molecule has 0 spiro atoms. The molecule has 4 nitrogen and oxygen atoms in total. The van der Waals surface area contributed by atoms with E-state index in [9.17, 15) is 18.0 Å². The third-order valence-electron chi connectivity index (χ3n) is 3.56. The summed E-state index contributed by atoms with van der Waals surface area (Å²) in [5.41, 5.74) is 7.43. The van der Waals surface area contributed by atoms with Crippen molar-refractivity contribution in [3.8, 4) is 0 Å². The zero-order valence-electron chi connectivity index (χ0n) is 11.8. The van der Waals surface area contributed by atoms with Gasteiger partial charge in [-0.25, -0.2) is 0 Å². The van der Waals surface area contributed by atoms with Crippen LogP contribution in [0.4, 0.5) is 24.5 Å². The first-order valence-corrected chi connectivity index (χ1v) is 6.71. The normalized spacial score (nSPS) is 17.0. The summed E-state index contributed by atoms with van der Waals surface area (Å²) < 4.78 is 37.0. The summed E-state index contributed by atoms with van der Waals surface area (Å²) in [6.45, 7) is 2.26. The van der Waals surface area contributed by atoms with E-state index in [1.165, 1.54) is 11.8 Å². The van der Waals surface area contributed by atoms with Crippen LogP contribution in [0, 0.1) is 0 Å². The third-order valence-corrected chi connectivity index (χ3v) is 3.56. The number of benzene rings is 1. The minimum Gasteiger partial charge on any atom is -0.398 e. The molecule has 0 radical (unpaired) electrons. The second-order valence-corrected chi connectivity index (χ2v) is 5.21. The van der Waals surface area contributed by atoms with E-state index >= 15 is 0 Å². The Kier molecular flexibility index (Phi) is 4.41. The second kappa shape index (κ2) is 5.93. The number of ketones is 1. The molecule has 0 unspecified atom stereocenters. The molecule has 0 bridgehead atoms. The Hall–Kier alpha value is -1.76.